The van der Waals surface area contributed by atoms with Gasteiger partial charge >= 0.3 is 0 Å². The number of hydrogen-bond donors (Lipinski definition) is 2. The van der Waals surface area contributed by atoms with Gasteiger partial charge in [-0.15, -0.1) is 0 Å². The molecule has 1 aromatic heterocycles. The van der Waals surface area contributed by atoms with E-state index in [0.717, 1.165) is 35.2 Å². The first kappa shape index (κ1) is 21.6. The van der Waals surface area contributed by atoms with Gasteiger partial charge in [0.15, 0.2) is 0 Å². The van der Waals surface area contributed by atoms with Gasteiger partial charge in [-0.25, -0.2) is 0 Å². The Bertz CT molecular complexity index is 750. The summed E-state index contributed by atoms with van der Waals surface area (Å²) in [5.41, 5.74) is 14.0. The van der Waals surface area contributed by atoms with Gasteiger partial charge in [-0.1, -0.05) is 71.7 Å². The van der Waals surface area contributed by atoms with E-state index in [1.54, 1.807) is 0 Å². The normalized spacial score (nSPS) is 11.6. The highest BCUT2D eigenvalue weighted by molar-refractivity contribution is 5.76. The minimum atomic E-state index is 0.00784. The minimum Gasteiger partial charge on any atom is -0.392 e. The second-order valence-electron chi connectivity index (χ2n) is 8.00. The molecule has 0 fully saturated rings. The Hall–Kier alpha value is -1.71. The number of aromatic nitrogens is 1. The van der Waals surface area contributed by atoms with Crippen molar-refractivity contribution in [1.29, 1.82) is 0 Å². The fourth-order valence-electron chi connectivity index (χ4n) is 3.89. The second kappa shape index (κ2) is 10.0. The molecule has 2 rings (SSSR count). The number of nitrogens with two attached hydrogens (primary N) is 1. The summed E-state index contributed by atoms with van der Waals surface area (Å²) in [4.78, 5) is 5.07. The van der Waals surface area contributed by atoms with Crippen LogP contribution in [0.15, 0.2) is 24.3 Å². The number of unbranched alkanes of at least 4 members (excludes halogenated alkanes) is 2. The van der Waals surface area contributed by atoms with Gasteiger partial charge in [0.1, 0.15) is 0 Å². The molecule has 0 spiro atoms. The lowest BCUT2D eigenvalue weighted by molar-refractivity contribution is 0.279. The molecule has 2 aromatic rings. The second-order valence-corrected chi connectivity index (χ2v) is 8.00. The standard InChI is InChI=1S/C24H36N2O/c1-6-7-8-13-20-22(19-12-10-9-11-18(19)14-25)21(15-27)24(17(4)5)26-23(20)16(2)3/h9-12,16-17,27H,6-8,13-15,25H2,1-5H3. The van der Waals surface area contributed by atoms with Crippen LogP contribution in [0.4, 0.5) is 0 Å². The van der Waals surface area contributed by atoms with Crippen LogP contribution in [0.2, 0.25) is 0 Å². The number of aliphatic hydroxyl groups is 1. The smallest absolute Gasteiger partial charge is 0.0705 e. The molecular weight excluding hydrogens is 332 g/mol. The fourth-order valence-corrected chi connectivity index (χ4v) is 3.89. The molecule has 0 radical (unpaired) electrons. The average molecular weight is 369 g/mol. The highest BCUT2D eigenvalue weighted by Crippen LogP contribution is 2.38. The molecular formula is C24H36N2O. The number of benzene rings is 1. The lowest BCUT2D eigenvalue weighted by Crippen LogP contribution is -2.13. The molecule has 0 saturated heterocycles. The summed E-state index contributed by atoms with van der Waals surface area (Å²) < 4.78 is 0. The Labute approximate surface area is 165 Å². The number of nitrogens with zero attached hydrogens (tertiary/aromatic N) is 1. The van der Waals surface area contributed by atoms with Crippen molar-refractivity contribution in [2.45, 2.75) is 85.3 Å². The maximum atomic E-state index is 10.3. The monoisotopic (exact) mass is 368 g/mol. The predicted molar refractivity (Wildman–Crippen MR) is 115 cm³/mol. The average Bonchev–Trinajstić information content (AvgIpc) is 2.66. The molecule has 0 saturated carbocycles. The van der Waals surface area contributed by atoms with Crippen LogP contribution in [-0.2, 0) is 19.6 Å². The van der Waals surface area contributed by atoms with E-state index in [9.17, 15) is 5.11 Å². The maximum absolute atomic E-state index is 10.3. The van der Waals surface area contributed by atoms with Gasteiger partial charge in [0.2, 0.25) is 0 Å². The summed E-state index contributed by atoms with van der Waals surface area (Å²) in [5.74, 6) is 0.605. The summed E-state index contributed by atoms with van der Waals surface area (Å²) in [6.07, 6.45) is 4.53. The molecule has 1 aromatic carbocycles. The quantitative estimate of drug-likeness (QED) is 0.560. The molecule has 0 unspecified atom stereocenters. The lowest BCUT2D eigenvalue weighted by atomic mass is 9.84. The summed E-state index contributed by atoms with van der Waals surface area (Å²) in [5, 5.41) is 10.3. The first-order valence-corrected chi connectivity index (χ1v) is 10.4. The van der Waals surface area contributed by atoms with Crippen LogP contribution in [0.5, 0.6) is 0 Å². The molecule has 0 aliphatic rings. The molecule has 3 heteroatoms. The zero-order chi connectivity index (χ0) is 20.0. The third-order valence-electron chi connectivity index (χ3n) is 5.25. The lowest BCUT2D eigenvalue weighted by Gasteiger charge is -2.25. The van der Waals surface area contributed by atoms with Crippen molar-refractivity contribution in [2.75, 3.05) is 0 Å². The van der Waals surface area contributed by atoms with Gasteiger partial charge in [-0.2, -0.15) is 0 Å². The minimum absolute atomic E-state index is 0.00784. The van der Waals surface area contributed by atoms with Crippen LogP contribution in [0, 0.1) is 0 Å². The van der Waals surface area contributed by atoms with E-state index >= 15 is 0 Å². The molecule has 3 nitrogen and oxygen atoms in total. The van der Waals surface area contributed by atoms with Crippen molar-refractivity contribution in [3.63, 3.8) is 0 Å². The predicted octanol–water partition coefficient (Wildman–Crippen LogP) is 5.68. The number of pyridine rings is 1. The van der Waals surface area contributed by atoms with Gasteiger partial charge in [0, 0.05) is 23.5 Å². The van der Waals surface area contributed by atoms with Crippen LogP contribution < -0.4 is 5.73 Å². The number of aliphatic hydroxyl groups excluding tert-OH is 1. The first-order valence-electron chi connectivity index (χ1n) is 10.4. The third kappa shape index (κ3) is 4.77. The Morgan fingerprint density at radius 2 is 1.59 bits per heavy atom. The summed E-state index contributed by atoms with van der Waals surface area (Å²) in [6.45, 7) is 11.5. The van der Waals surface area contributed by atoms with Crippen molar-refractivity contribution >= 4 is 0 Å². The van der Waals surface area contributed by atoms with E-state index in [4.69, 9.17) is 10.7 Å². The summed E-state index contributed by atoms with van der Waals surface area (Å²) in [7, 11) is 0. The Morgan fingerprint density at radius 3 is 2.15 bits per heavy atom. The van der Waals surface area contributed by atoms with Gasteiger partial charge in [0.05, 0.1) is 6.61 Å². The van der Waals surface area contributed by atoms with Crippen molar-refractivity contribution in [3.8, 4) is 11.1 Å². The van der Waals surface area contributed by atoms with Crippen LogP contribution in [-0.4, -0.2) is 10.1 Å². The van der Waals surface area contributed by atoms with E-state index in [1.807, 2.05) is 6.07 Å². The Balaban J connectivity index is 2.85. The van der Waals surface area contributed by atoms with Crippen LogP contribution >= 0.6 is 0 Å². The van der Waals surface area contributed by atoms with E-state index in [1.165, 1.54) is 29.7 Å². The highest BCUT2D eigenvalue weighted by Gasteiger charge is 2.24. The first-order chi connectivity index (χ1) is 13.0. The van der Waals surface area contributed by atoms with Crippen molar-refractivity contribution < 1.29 is 5.11 Å². The van der Waals surface area contributed by atoms with Gasteiger partial charge in [0.25, 0.3) is 0 Å². The van der Waals surface area contributed by atoms with Crippen LogP contribution in [0.3, 0.4) is 0 Å². The zero-order valence-electron chi connectivity index (χ0n) is 17.7. The molecule has 0 atom stereocenters. The van der Waals surface area contributed by atoms with Crippen molar-refractivity contribution in [1.82, 2.24) is 4.98 Å². The SMILES string of the molecule is CCCCCc1c(C(C)C)nc(C(C)C)c(CO)c1-c1ccccc1CN. The Morgan fingerprint density at radius 1 is 0.963 bits per heavy atom. The van der Waals surface area contributed by atoms with Crippen molar-refractivity contribution in [2.24, 2.45) is 5.73 Å². The maximum Gasteiger partial charge on any atom is 0.0705 e. The highest BCUT2D eigenvalue weighted by atomic mass is 16.3. The van der Waals surface area contributed by atoms with Gasteiger partial charge in [-0.3, -0.25) is 4.98 Å². The van der Waals surface area contributed by atoms with Gasteiger partial charge < -0.3 is 10.8 Å². The molecule has 1 heterocycles. The number of rotatable bonds is 9. The van der Waals surface area contributed by atoms with E-state index < -0.39 is 0 Å². The fraction of sp³-hybridized carbons (Fsp3) is 0.542. The largest absolute Gasteiger partial charge is 0.392 e. The summed E-state index contributed by atoms with van der Waals surface area (Å²) >= 11 is 0. The molecule has 148 valence electrons. The van der Waals surface area contributed by atoms with E-state index in [0.29, 0.717) is 12.5 Å². The molecule has 27 heavy (non-hydrogen) atoms. The molecule has 0 aliphatic carbocycles. The van der Waals surface area contributed by atoms with Crippen LogP contribution in [0.25, 0.3) is 11.1 Å². The summed E-state index contributed by atoms with van der Waals surface area (Å²) in [6, 6.07) is 8.34. The molecule has 3 N–H and O–H groups in total. The van der Waals surface area contributed by atoms with Crippen LogP contribution in [0.1, 0.15) is 93.8 Å². The van der Waals surface area contributed by atoms with Gasteiger partial charge in [-0.05, 0) is 46.9 Å². The van der Waals surface area contributed by atoms with Crippen molar-refractivity contribution in [3.05, 3.63) is 52.3 Å². The molecule has 0 amide bonds. The van der Waals surface area contributed by atoms with E-state index in [2.05, 4.69) is 52.8 Å². The third-order valence-corrected chi connectivity index (χ3v) is 5.25. The molecule has 0 aliphatic heterocycles. The topological polar surface area (TPSA) is 59.1 Å². The van der Waals surface area contributed by atoms with E-state index in [-0.39, 0.29) is 12.5 Å². The molecule has 0 bridgehead atoms. The Kier molecular flexibility index (Phi) is 8.00. The number of hydrogen-bond acceptors (Lipinski definition) is 3. The zero-order valence-corrected chi connectivity index (χ0v) is 17.7.